The number of hydrogen-bond acceptors (Lipinski definition) is 4. The van der Waals surface area contributed by atoms with Gasteiger partial charge in [0.15, 0.2) is 0 Å². The van der Waals surface area contributed by atoms with Crippen molar-refractivity contribution in [3.8, 4) is 23.5 Å². The lowest BCUT2D eigenvalue weighted by molar-refractivity contribution is -0.138. The summed E-state index contributed by atoms with van der Waals surface area (Å²) >= 11 is 0. The summed E-state index contributed by atoms with van der Waals surface area (Å²) in [6, 6.07) is 15.1. The second-order valence-corrected chi connectivity index (χ2v) is 8.05. The molecule has 0 radical (unpaired) electrons. The van der Waals surface area contributed by atoms with Gasteiger partial charge in [0.2, 0.25) is 5.91 Å². The van der Waals surface area contributed by atoms with E-state index in [-0.39, 0.29) is 37.8 Å². The molecule has 7 heteroatoms. The summed E-state index contributed by atoms with van der Waals surface area (Å²) in [5.74, 6) is 0.701. The van der Waals surface area contributed by atoms with Crippen molar-refractivity contribution in [3.63, 3.8) is 0 Å². The molecule has 172 valence electrons. The molecule has 0 aliphatic heterocycles. The molecule has 0 saturated carbocycles. The van der Waals surface area contributed by atoms with Gasteiger partial charge in [0, 0.05) is 25.3 Å². The van der Waals surface area contributed by atoms with Crippen LogP contribution in [0.1, 0.15) is 43.2 Å². The number of terminal acetylenes is 1. The third-order valence-electron chi connectivity index (χ3n) is 5.88. The lowest BCUT2D eigenvalue weighted by Crippen LogP contribution is -2.48. The highest BCUT2D eigenvalue weighted by molar-refractivity contribution is 5.86. The number of carbonyl (C=O) groups excluding carboxylic acids is 2. The average Bonchev–Trinajstić information content (AvgIpc) is 3.13. The summed E-state index contributed by atoms with van der Waals surface area (Å²) in [7, 11) is 0. The molecule has 1 aliphatic carbocycles. The van der Waals surface area contributed by atoms with Gasteiger partial charge in [0.05, 0.1) is 0 Å². The second-order valence-electron chi connectivity index (χ2n) is 8.05. The molecule has 2 atom stereocenters. The fraction of sp³-hybridized carbons (Fsp3) is 0.346. The number of carboxylic acid groups (broad SMARTS) is 1. The van der Waals surface area contributed by atoms with Gasteiger partial charge in [-0.15, -0.1) is 12.3 Å². The Bertz CT molecular complexity index is 1010. The van der Waals surface area contributed by atoms with Gasteiger partial charge in [0.1, 0.15) is 12.6 Å². The van der Waals surface area contributed by atoms with Gasteiger partial charge < -0.3 is 20.5 Å². The zero-order valence-corrected chi connectivity index (χ0v) is 18.5. The smallest absolute Gasteiger partial charge is 0.407 e. The Balaban J connectivity index is 1.59. The molecule has 0 saturated heterocycles. The number of amides is 2. The number of hydrogen-bond donors (Lipinski definition) is 3. The van der Waals surface area contributed by atoms with Gasteiger partial charge >= 0.3 is 12.1 Å². The number of nitrogens with one attached hydrogen (secondary N) is 2. The zero-order valence-electron chi connectivity index (χ0n) is 18.5. The van der Waals surface area contributed by atoms with E-state index in [0.717, 1.165) is 22.3 Å². The Morgan fingerprint density at radius 2 is 1.70 bits per heavy atom. The second kappa shape index (κ2) is 11.2. The fourth-order valence-corrected chi connectivity index (χ4v) is 4.09. The quantitative estimate of drug-likeness (QED) is 0.482. The van der Waals surface area contributed by atoms with Crippen LogP contribution in [-0.4, -0.2) is 42.3 Å². The monoisotopic (exact) mass is 448 g/mol. The highest BCUT2D eigenvalue weighted by Crippen LogP contribution is 2.44. The first-order valence-corrected chi connectivity index (χ1v) is 11.0. The Hall–Kier alpha value is -3.79. The van der Waals surface area contributed by atoms with Gasteiger partial charge in [-0.2, -0.15) is 0 Å². The van der Waals surface area contributed by atoms with Crippen molar-refractivity contribution >= 4 is 18.0 Å². The molecule has 2 unspecified atom stereocenters. The van der Waals surface area contributed by atoms with Crippen LogP contribution in [0.3, 0.4) is 0 Å². The van der Waals surface area contributed by atoms with E-state index in [2.05, 4.69) is 28.7 Å². The van der Waals surface area contributed by atoms with E-state index in [9.17, 15) is 14.4 Å². The van der Waals surface area contributed by atoms with E-state index in [1.165, 1.54) is 0 Å². The highest BCUT2D eigenvalue weighted by atomic mass is 16.5. The summed E-state index contributed by atoms with van der Waals surface area (Å²) in [5.41, 5.74) is 4.43. The number of alkyl carbamates (subject to hydrolysis) is 1. The molecule has 0 aromatic heterocycles. The molecule has 3 rings (SSSR count). The predicted octanol–water partition coefficient (Wildman–Crippen LogP) is 3.53. The van der Waals surface area contributed by atoms with Crippen LogP contribution >= 0.6 is 0 Å². The van der Waals surface area contributed by atoms with Crippen LogP contribution in [0.2, 0.25) is 0 Å². The normalized spacial score (nSPS) is 13.7. The predicted molar refractivity (Wildman–Crippen MR) is 124 cm³/mol. The summed E-state index contributed by atoms with van der Waals surface area (Å²) in [5, 5.41) is 14.2. The molecule has 7 nitrogen and oxygen atoms in total. The molecule has 0 heterocycles. The first-order valence-electron chi connectivity index (χ1n) is 11.0. The van der Waals surface area contributed by atoms with Crippen molar-refractivity contribution in [3.05, 3.63) is 59.7 Å². The summed E-state index contributed by atoms with van der Waals surface area (Å²) < 4.78 is 5.49. The van der Waals surface area contributed by atoms with Crippen LogP contribution in [0.5, 0.6) is 0 Å². The van der Waals surface area contributed by atoms with E-state index in [1.54, 1.807) is 0 Å². The lowest BCUT2D eigenvalue weighted by atomic mass is 9.98. The third-order valence-corrected chi connectivity index (χ3v) is 5.88. The van der Waals surface area contributed by atoms with Crippen molar-refractivity contribution in [2.24, 2.45) is 5.92 Å². The van der Waals surface area contributed by atoms with E-state index >= 15 is 0 Å². The summed E-state index contributed by atoms with van der Waals surface area (Å²) in [6.45, 7) is 2.17. The van der Waals surface area contributed by atoms with E-state index in [4.69, 9.17) is 16.3 Å². The number of rotatable bonds is 10. The number of fused-ring (bicyclic) bond motifs is 3. The van der Waals surface area contributed by atoms with Crippen LogP contribution in [0, 0.1) is 18.3 Å². The number of benzene rings is 2. The van der Waals surface area contributed by atoms with Crippen LogP contribution in [0.25, 0.3) is 11.1 Å². The molecule has 0 fully saturated rings. The molecule has 3 N–H and O–H groups in total. The van der Waals surface area contributed by atoms with Crippen molar-refractivity contribution in [2.75, 3.05) is 13.2 Å². The number of carbonyl (C=O) groups is 3. The number of carboxylic acids is 1. The van der Waals surface area contributed by atoms with Gasteiger partial charge in [-0.05, 0) is 28.2 Å². The average molecular weight is 449 g/mol. The molecular formula is C26H28N2O5. The molecule has 2 aromatic carbocycles. The molecule has 2 amide bonds. The van der Waals surface area contributed by atoms with E-state index in [1.807, 2.05) is 43.3 Å². The van der Waals surface area contributed by atoms with Crippen molar-refractivity contribution in [1.82, 2.24) is 10.6 Å². The maximum absolute atomic E-state index is 12.5. The topological polar surface area (TPSA) is 105 Å². The zero-order chi connectivity index (χ0) is 23.8. The highest BCUT2D eigenvalue weighted by Gasteiger charge is 2.29. The Kier molecular flexibility index (Phi) is 8.09. The summed E-state index contributed by atoms with van der Waals surface area (Å²) in [6.07, 6.45) is 5.19. The number of ether oxygens (including phenoxy) is 1. The standard InChI is InChI=1S/C26H28N2O5/c1-3-9-23(25(31)27-15-17(4-2)14-24(29)30)28-26(32)33-16-22-20-12-7-5-10-18(20)19-11-6-8-13-21(19)22/h1,5-8,10-13,17,22-23H,4,9,14-16H2,2H3,(H,27,31)(H,28,32)(H,29,30). The molecule has 0 bridgehead atoms. The molecule has 1 aliphatic rings. The Morgan fingerprint density at radius 1 is 1.09 bits per heavy atom. The molecular weight excluding hydrogens is 420 g/mol. The van der Waals surface area contributed by atoms with Crippen LogP contribution < -0.4 is 10.6 Å². The third kappa shape index (κ3) is 5.92. The van der Waals surface area contributed by atoms with Gasteiger partial charge in [-0.25, -0.2) is 4.79 Å². The minimum absolute atomic E-state index is 0.00818. The van der Waals surface area contributed by atoms with Gasteiger partial charge in [-0.3, -0.25) is 9.59 Å². The van der Waals surface area contributed by atoms with Crippen molar-refractivity contribution in [1.29, 1.82) is 0 Å². The van der Waals surface area contributed by atoms with Crippen LogP contribution in [0.15, 0.2) is 48.5 Å². The molecule has 0 spiro atoms. The molecule has 2 aromatic rings. The number of aliphatic carboxylic acids is 1. The van der Waals surface area contributed by atoms with Gasteiger partial charge in [0.25, 0.3) is 0 Å². The maximum atomic E-state index is 12.5. The van der Waals surface area contributed by atoms with Crippen molar-refractivity contribution < 1.29 is 24.2 Å². The molecule has 33 heavy (non-hydrogen) atoms. The summed E-state index contributed by atoms with van der Waals surface area (Å²) in [4.78, 5) is 35.9. The maximum Gasteiger partial charge on any atom is 0.407 e. The Labute approximate surface area is 193 Å². The SMILES string of the molecule is C#CCC(NC(=O)OCC1c2ccccc2-c2ccccc21)C(=O)NCC(CC)CC(=O)O. The minimum atomic E-state index is -0.965. The first-order chi connectivity index (χ1) is 15.9. The lowest BCUT2D eigenvalue weighted by Gasteiger charge is -2.20. The van der Waals surface area contributed by atoms with Crippen LogP contribution in [-0.2, 0) is 14.3 Å². The van der Waals surface area contributed by atoms with Gasteiger partial charge in [-0.1, -0.05) is 61.9 Å². The van der Waals surface area contributed by atoms with Crippen molar-refractivity contribution in [2.45, 2.75) is 38.1 Å². The van der Waals surface area contributed by atoms with Crippen LogP contribution in [0.4, 0.5) is 4.79 Å². The van der Waals surface area contributed by atoms with E-state index < -0.39 is 24.0 Å². The van der Waals surface area contributed by atoms with E-state index in [0.29, 0.717) is 6.42 Å². The largest absolute Gasteiger partial charge is 0.481 e. The first kappa shape index (κ1) is 23.9. The minimum Gasteiger partial charge on any atom is -0.481 e. The fourth-order valence-electron chi connectivity index (χ4n) is 4.09. The Morgan fingerprint density at radius 3 is 2.24 bits per heavy atom.